The van der Waals surface area contributed by atoms with Crippen LogP contribution in [0.25, 0.3) is 0 Å². The van der Waals surface area contributed by atoms with E-state index in [9.17, 15) is 4.79 Å². The van der Waals surface area contributed by atoms with E-state index < -0.39 is 6.23 Å². The lowest BCUT2D eigenvalue weighted by atomic mass is 10.3. The molecule has 1 atom stereocenters. The lowest BCUT2D eigenvalue weighted by molar-refractivity contribution is -0.125. The van der Waals surface area contributed by atoms with Gasteiger partial charge in [0.15, 0.2) is 0 Å². The zero-order valence-corrected chi connectivity index (χ0v) is 6.49. The van der Waals surface area contributed by atoms with Gasteiger partial charge in [-0.25, -0.2) is 0 Å². The molecule has 1 unspecified atom stereocenters. The van der Waals surface area contributed by atoms with Crippen molar-refractivity contribution < 1.29 is 9.53 Å². The number of dihydropyridines is 1. The highest BCUT2D eigenvalue weighted by Gasteiger charge is 2.15. The molecule has 0 radical (unpaired) electrons. The second kappa shape index (κ2) is 4.03. The molecular weight excluding hydrogens is 142 g/mol. The van der Waals surface area contributed by atoms with Crippen molar-refractivity contribution in [2.24, 2.45) is 4.99 Å². The van der Waals surface area contributed by atoms with Crippen LogP contribution in [-0.4, -0.2) is 24.8 Å². The second-order valence-corrected chi connectivity index (χ2v) is 2.28. The predicted octanol–water partition coefficient (Wildman–Crippen LogP) is 0.949. The minimum Gasteiger partial charge on any atom is -0.349 e. The summed E-state index contributed by atoms with van der Waals surface area (Å²) in [5.41, 5.74) is 0. The number of aliphatic imine (C=N–C) groups is 1. The summed E-state index contributed by atoms with van der Waals surface area (Å²) in [7, 11) is 0. The fourth-order valence-corrected chi connectivity index (χ4v) is 0.776. The molecular formula is C8H11NO2. The first kappa shape index (κ1) is 8.14. The van der Waals surface area contributed by atoms with Crippen LogP contribution in [0.5, 0.6) is 0 Å². The molecule has 0 amide bonds. The molecule has 0 N–H and O–H groups in total. The Bertz CT molecular complexity index is 196. The molecule has 1 heterocycles. The van der Waals surface area contributed by atoms with Crippen molar-refractivity contribution in [1.82, 2.24) is 0 Å². The molecule has 0 aromatic rings. The standard InChI is InChI=1S/C8H11NO2/c1-2-6-11-8-7(10)4-3-5-9-8/h3-5,8H,2,6H2,1H3. The normalized spacial score (nSPS) is 22.6. The van der Waals surface area contributed by atoms with Crippen molar-refractivity contribution in [3.05, 3.63) is 12.2 Å². The third-order valence-corrected chi connectivity index (χ3v) is 1.29. The van der Waals surface area contributed by atoms with Crippen molar-refractivity contribution in [1.29, 1.82) is 0 Å². The number of carbonyl (C=O) groups is 1. The molecule has 0 aromatic heterocycles. The lowest BCUT2D eigenvalue weighted by Gasteiger charge is -2.10. The monoisotopic (exact) mass is 153 g/mol. The van der Waals surface area contributed by atoms with Gasteiger partial charge in [0.25, 0.3) is 0 Å². The summed E-state index contributed by atoms with van der Waals surface area (Å²) < 4.78 is 5.15. The third kappa shape index (κ3) is 2.27. The van der Waals surface area contributed by atoms with Gasteiger partial charge >= 0.3 is 0 Å². The van der Waals surface area contributed by atoms with E-state index in [1.165, 1.54) is 6.08 Å². The predicted molar refractivity (Wildman–Crippen MR) is 42.7 cm³/mol. The molecule has 0 bridgehead atoms. The highest BCUT2D eigenvalue weighted by atomic mass is 16.5. The Morgan fingerprint density at radius 1 is 1.73 bits per heavy atom. The largest absolute Gasteiger partial charge is 0.349 e. The number of ether oxygens (including phenoxy) is 1. The molecule has 3 nitrogen and oxygen atoms in total. The van der Waals surface area contributed by atoms with Crippen LogP contribution in [0.15, 0.2) is 17.1 Å². The van der Waals surface area contributed by atoms with Crippen molar-refractivity contribution >= 4 is 12.0 Å². The number of allylic oxidation sites excluding steroid dienone is 1. The van der Waals surface area contributed by atoms with Crippen LogP contribution in [0.4, 0.5) is 0 Å². The molecule has 11 heavy (non-hydrogen) atoms. The van der Waals surface area contributed by atoms with Crippen LogP contribution in [0.1, 0.15) is 13.3 Å². The zero-order chi connectivity index (χ0) is 8.10. The molecule has 0 saturated carbocycles. The van der Waals surface area contributed by atoms with Gasteiger partial charge in [-0.2, -0.15) is 0 Å². The Morgan fingerprint density at radius 2 is 2.55 bits per heavy atom. The van der Waals surface area contributed by atoms with Crippen LogP contribution in [0, 0.1) is 0 Å². The van der Waals surface area contributed by atoms with E-state index in [1.807, 2.05) is 6.92 Å². The summed E-state index contributed by atoms with van der Waals surface area (Å²) in [6.45, 7) is 2.58. The van der Waals surface area contributed by atoms with Gasteiger partial charge in [-0.3, -0.25) is 9.79 Å². The molecule has 0 aliphatic carbocycles. The smallest absolute Gasteiger partial charge is 0.211 e. The van der Waals surface area contributed by atoms with Crippen molar-refractivity contribution in [2.75, 3.05) is 6.61 Å². The Morgan fingerprint density at radius 3 is 3.18 bits per heavy atom. The lowest BCUT2D eigenvalue weighted by Crippen LogP contribution is -2.22. The minimum atomic E-state index is -0.583. The first-order chi connectivity index (χ1) is 5.34. The van der Waals surface area contributed by atoms with E-state index in [4.69, 9.17) is 4.74 Å². The van der Waals surface area contributed by atoms with E-state index >= 15 is 0 Å². The Hall–Kier alpha value is -0.960. The van der Waals surface area contributed by atoms with Gasteiger partial charge in [-0.15, -0.1) is 0 Å². The Kier molecular flexibility index (Phi) is 2.98. The summed E-state index contributed by atoms with van der Waals surface area (Å²) in [4.78, 5) is 14.8. The van der Waals surface area contributed by atoms with E-state index in [0.29, 0.717) is 6.61 Å². The minimum absolute atomic E-state index is 0.0686. The highest BCUT2D eigenvalue weighted by Crippen LogP contribution is 2.01. The van der Waals surface area contributed by atoms with Gasteiger partial charge in [0.1, 0.15) is 0 Å². The van der Waals surface area contributed by atoms with Crippen LogP contribution in [-0.2, 0) is 9.53 Å². The molecule has 1 aliphatic rings. The van der Waals surface area contributed by atoms with Gasteiger partial charge < -0.3 is 4.74 Å². The molecule has 0 aromatic carbocycles. The van der Waals surface area contributed by atoms with Crippen LogP contribution >= 0.6 is 0 Å². The van der Waals surface area contributed by atoms with Crippen molar-refractivity contribution in [3.63, 3.8) is 0 Å². The average molecular weight is 153 g/mol. The van der Waals surface area contributed by atoms with Gasteiger partial charge in [0.2, 0.25) is 12.0 Å². The summed E-state index contributed by atoms with van der Waals surface area (Å²) in [6.07, 6.45) is 5.01. The molecule has 60 valence electrons. The highest BCUT2D eigenvalue weighted by molar-refractivity contribution is 5.99. The number of rotatable bonds is 3. The maximum absolute atomic E-state index is 11.0. The molecule has 0 fully saturated rings. The van der Waals surface area contributed by atoms with Gasteiger partial charge in [0, 0.05) is 12.8 Å². The maximum Gasteiger partial charge on any atom is 0.211 e. The van der Waals surface area contributed by atoms with E-state index in [0.717, 1.165) is 6.42 Å². The van der Waals surface area contributed by atoms with Crippen LogP contribution < -0.4 is 0 Å². The van der Waals surface area contributed by atoms with Gasteiger partial charge in [-0.1, -0.05) is 6.92 Å². The second-order valence-electron chi connectivity index (χ2n) is 2.28. The van der Waals surface area contributed by atoms with Crippen molar-refractivity contribution in [3.8, 4) is 0 Å². The number of ketones is 1. The summed E-state index contributed by atoms with van der Waals surface area (Å²) >= 11 is 0. The fraction of sp³-hybridized carbons (Fsp3) is 0.500. The van der Waals surface area contributed by atoms with Gasteiger partial charge in [0.05, 0.1) is 0 Å². The quantitative estimate of drug-likeness (QED) is 0.605. The third-order valence-electron chi connectivity index (χ3n) is 1.29. The topological polar surface area (TPSA) is 38.7 Å². The van der Waals surface area contributed by atoms with E-state index in [-0.39, 0.29) is 5.78 Å². The van der Waals surface area contributed by atoms with E-state index in [2.05, 4.69) is 4.99 Å². The molecule has 1 aliphatic heterocycles. The fourth-order valence-electron chi connectivity index (χ4n) is 0.776. The number of nitrogens with zero attached hydrogens (tertiary/aromatic N) is 1. The summed E-state index contributed by atoms with van der Waals surface area (Å²) in [5, 5.41) is 0. The van der Waals surface area contributed by atoms with Gasteiger partial charge in [-0.05, 0) is 18.6 Å². The Labute approximate surface area is 65.8 Å². The molecule has 1 rings (SSSR count). The zero-order valence-electron chi connectivity index (χ0n) is 6.49. The molecule has 0 saturated heterocycles. The summed E-state index contributed by atoms with van der Waals surface area (Å²) in [6, 6.07) is 0. The first-order valence-electron chi connectivity index (χ1n) is 3.70. The summed E-state index contributed by atoms with van der Waals surface area (Å²) in [5.74, 6) is -0.0686. The van der Waals surface area contributed by atoms with Crippen LogP contribution in [0.2, 0.25) is 0 Å². The van der Waals surface area contributed by atoms with Crippen molar-refractivity contribution in [2.45, 2.75) is 19.6 Å². The molecule has 3 heteroatoms. The van der Waals surface area contributed by atoms with Crippen LogP contribution in [0.3, 0.4) is 0 Å². The first-order valence-corrected chi connectivity index (χ1v) is 3.70. The average Bonchev–Trinajstić information content (AvgIpc) is 2.03. The number of hydrogen-bond donors (Lipinski definition) is 0. The number of hydrogen-bond acceptors (Lipinski definition) is 3. The van der Waals surface area contributed by atoms with E-state index in [1.54, 1.807) is 12.3 Å². The number of carbonyl (C=O) groups excluding carboxylic acids is 1. The maximum atomic E-state index is 11.0. The SMILES string of the molecule is CCCOC1N=CC=CC1=O. The Balaban J connectivity index is 2.39. The molecule has 0 spiro atoms.